The van der Waals surface area contributed by atoms with Crippen LogP contribution in [-0.4, -0.2) is 24.4 Å². The van der Waals surface area contributed by atoms with Gasteiger partial charge in [-0.1, -0.05) is 0 Å². The molecule has 0 aliphatic carbocycles. The largest absolute Gasteiger partial charge is 0.374 e. The second-order valence-electron chi connectivity index (χ2n) is 4.22. The monoisotopic (exact) mass is 251 g/mol. The van der Waals surface area contributed by atoms with Gasteiger partial charge < -0.3 is 4.90 Å². The summed E-state index contributed by atoms with van der Waals surface area (Å²) in [5.41, 5.74) is 0.333. The van der Waals surface area contributed by atoms with Gasteiger partial charge in [-0.15, -0.1) is 0 Å². The van der Waals surface area contributed by atoms with Crippen molar-refractivity contribution in [3.63, 3.8) is 0 Å². The fourth-order valence-electron chi connectivity index (χ4n) is 2.08. The molecule has 0 aromatic rings. The van der Waals surface area contributed by atoms with Crippen molar-refractivity contribution in [3.05, 3.63) is 22.4 Å². The molecule has 0 unspecified atom stereocenters. The Hall–Kier alpha value is -1.88. The normalized spacial score (nSPS) is 18.1. The van der Waals surface area contributed by atoms with Gasteiger partial charge in [0.05, 0.1) is 11.1 Å². The van der Waals surface area contributed by atoms with E-state index < -0.39 is 12.0 Å². The molecule has 0 saturated carbocycles. The van der Waals surface area contributed by atoms with E-state index >= 15 is 0 Å². The molecule has 0 atom stereocenters. The van der Waals surface area contributed by atoms with Crippen LogP contribution >= 0.6 is 0 Å². The van der Waals surface area contributed by atoms with Gasteiger partial charge in [-0.3, -0.25) is 0 Å². The van der Waals surface area contributed by atoms with Gasteiger partial charge in [-0.25, -0.2) is 8.78 Å². The summed E-state index contributed by atoms with van der Waals surface area (Å²) in [7, 11) is 0. The second-order valence-corrected chi connectivity index (χ2v) is 4.22. The second kappa shape index (κ2) is 6.16. The number of hydrogen-bond donors (Lipinski definition) is 0. The lowest BCUT2D eigenvalue weighted by molar-refractivity contribution is 0.194. The number of nitrogens with zero attached hydrogens (tertiary/aromatic N) is 3. The van der Waals surface area contributed by atoms with Gasteiger partial charge in [-0.05, 0) is 32.3 Å². The van der Waals surface area contributed by atoms with E-state index in [0.717, 1.165) is 25.9 Å². The first-order valence-electron chi connectivity index (χ1n) is 5.78. The first-order chi connectivity index (χ1) is 8.52. The van der Waals surface area contributed by atoms with Crippen molar-refractivity contribution in [1.29, 1.82) is 10.5 Å². The van der Waals surface area contributed by atoms with E-state index in [-0.39, 0.29) is 11.1 Å². The molecule has 1 rings (SSSR count). The highest BCUT2D eigenvalue weighted by Gasteiger charge is 2.21. The molecular weight excluding hydrogens is 236 g/mol. The van der Waals surface area contributed by atoms with Crippen molar-refractivity contribution >= 4 is 0 Å². The summed E-state index contributed by atoms with van der Waals surface area (Å²) in [6, 6.07) is 3.43. The van der Waals surface area contributed by atoms with Crippen LogP contribution in [-0.2, 0) is 0 Å². The number of alkyl halides is 2. The molecule has 0 aromatic heterocycles. The molecule has 18 heavy (non-hydrogen) atoms. The third-order valence-electron chi connectivity index (χ3n) is 3.17. The maximum atomic E-state index is 12.7. The maximum absolute atomic E-state index is 12.7. The highest BCUT2D eigenvalue weighted by Crippen LogP contribution is 2.25. The van der Waals surface area contributed by atoms with E-state index in [1.807, 2.05) is 11.0 Å². The number of halogens is 2. The maximum Gasteiger partial charge on any atom is 0.273 e. The molecule has 0 bridgehead atoms. The van der Waals surface area contributed by atoms with Crippen LogP contribution in [0.3, 0.4) is 0 Å². The van der Waals surface area contributed by atoms with E-state index in [4.69, 9.17) is 10.5 Å². The van der Waals surface area contributed by atoms with Crippen molar-refractivity contribution in [2.75, 3.05) is 13.1 Å². The molecule has 0 amide bonds. The van der Waals surface area contributed by atoms with Crippen molar-refractivity contribution in [1.82, 2.24) is 4.90 Å². The van der Waals surface area contributed by atoms with Crippen LogP contribution in [0.4, 0.5) is 8.78 Å². The highest BCUT2D eigenvalue weighted by atomic mass is 19.3. The Morgan fingerprint density at radius 2 is 1.67 bits per heavy atom. The van der Waals surface area contributed by atoms with E-state index in [0.29, 0.717) is 5.70 Å². The zero-order valence-electron chi connectivity index (χ0n) is 10.5. The number of allylic oxidation sites excluding steroid dienone is 4. The van der Waals surface area contributed by atoms with E-state index in [1.165, 1.54) is 13.0 Å². The summed E-state index contributed by atoms with van der Waals surface area (Å²) in [6.45, 7) is 4.82. The van der Waals surface area contributed by atoms with Crippen LogP contribution in [0.2, 0.25) is 0 Å². The van der Waals surface area contributed by atoms with Gasteiger partial charge in [0.2, 0.25) is 0 Å². The number of likely N-dealkylation sites (tertiary alicyclic amines) is 1. The first kappa shape index (κ1) is 14.2. The molecule has 3 nitrogen and oxygen atoms in total. The molecule has 1 aliphatic heterocycles. The SMILES string of the molecule is CC(/C(C#N)=C(\C)N1CCCC1)=C(\C#N)C(F)F. The summed E-state index contributed by atoms with van der Waals surface area (Å²) in [4.78, 5) is 2.00. The third-order valence-corrected chi connectivity index (χ3v) is 3.17. The van der Waals surface area contributed by atoms with Crippen LogP contribution in [0.1, 0.15) is 26.7 Å². The Morgan fingerprint density at radius 1 is 1.11 bits per heavy atom. The molecule has 1 heterocycles. The van der Waals surface area contributed by atoms with Gasteiger partial charge in [0.15, 0.2) is 0 Å². The Kier molecular flexibility index (Phi) is 4.85. The fraction of sp³-hybridized carbons (Fsp3) is 0.538. The lowest BCUT2D eigenvalue weighted by Crippen LogP contribution is -2.18. The minimum Gasteiger partial charge on any atom is -0.374 e. The van der Waals surface area contributed by atoms with Gasteiger partial charge in [0.25, 0.3) is 6.43 Å². The molecule has 1 aliphatic rings. The minimum absolute atomic E-state index is 0.0828. The number of rotatable bonds is 3. The molecular formula is C13H15F2N3. The zero-order chi connectivity index (χ0) is 13.7. The van der Waals surface area contributed by atoms with Gasteiger partial charge >= 0.3 is 0 Å². The quantitative estimate of drug-likeness (QED) is 0.572. The molecule has 0 radical (unpaired) electrons. The van der Waals surface area contributed by atoms with Gasteiger partial charge in [0, 0.05) is 18.8 Å². The lowest BCUT2D eigenvalue weighted by atomic mass is 10.0. The van der Waals surface area contributed by atoms with E-state index in [9.17, 15) is 8.78 Å². The van der Waals surface area contributed by atoms with Gasteiger partial charge in [0.1, 0.15) is 12.1 Å². The molecule has 0 N–H and O–H groups in total. The smallest absolute Gasteiger partial charge is 0.273 e. The van der Waals surface area contributed by atoms with Crippen molar-refractivity contribution < 1.29 is 8.78 Å². The average molecular weight is 251 g/mol. The standard InChI is InChI=1S/C13H15F2N3/c1-9(12(8-17)13(14)15)11(7-16)10(2)18-5-3-4-6-18/h13H,3-6H2,1-2H3/b11-10+,12-9-. The van der Waals surface area contributed by atoms with Crippen LogP contribution in [0.25, 0.3) is 0 Å². The topological polar surface area (TPSA) is 50.8 Å². The predicted molar refractivity (Wildman–Crippen MR) is 63.4 cm³/mol. The predicted octanol–water partition coefficient (Wildman–Crippen LogP) is 2.98. The average Bonchev–Trinajstić information content (AvgIpc) is 2.83. The summed E-state index contributed by atoms with van der Waals surface area (Å²) in [5.74, 6) is 0. The molecule has 1 fully saturated rings. The highest BCUT2D eigenvalue weighted by molar-refractivity contribution is 5.50. The Labute approximate surface area is 106 Å². The Morgan fingerprint density at radius 3 is 2.06 bits per heavy atom. The summed E-state index contributed by atoms with van der Waals surface area (Å²) < 4.78 is 25.3. The third kappa shape index (κ3) is 2.87. The Balaban J connectivity index is 3.21. The van der Waals surface area contributed by atoms with Crippen molar-refractivity contribution in [2.45, 2.75) is 33.1 Å². The van der Waals surface area contributed by atoms with Gasteiger partial charge in [-0.2, -0.15) is 10.5 Å². The zero-order valence-corrected chi connectivity index (χ0v) is 10.5. The number of hydrogen-bond acceptors (Lipinski definition) is 3. The first-order valence-corrected chi connectivity index (χ1v) is 5.78. The van der Waals surface area contributed by atoms with Crippen molar-refractivity contribution in [2.24, 2.45) is 0 Å². The number of nitriles is 2. The molecule has 0 spiro atoms. The van der Waals surface area contributed by atoms with Crippen LogP contribution < -0.4 is 0 Å². The molecule has 5 heteroatoms. The van der Waals surface area contributed by atoms with E-state index in [1.54, 1.807) is 6.92 Å². The summed E-state index contributed by atoms with van der Waals surface area (Å²) in [6.07, 6.45) is -0.762. The Bertz CT molecular complexity index is 458. The molecule has 1 saturated heterocycles. The minimum atomic E-state index is -2.84. The molecule has 96 valence electrons. The molecule has 0 aromatic carbocycles. The van der Waals surface area contributed by atoms with Crippen LogP contribution in [0.15, 0.2) is 22.4 Å². The van der Waals surface area contributed by atoms with E-state index in [2.05, 4.69) is 0 Å². The van der Waals surface area contributed by atoms with Crippen LogP contribution in [0, 0.1) is 22.7 Å². The van der Waals surface area contributed by atoms with Crippen LogP contribution in [0.5, 0.6) is 0 Å². The fourth-order valence-corrected chi connectivity index (χ4v) is 2.08. The summed E-state index contributed by atoms with van der Waals surface area (Å²) >= 11 is 0. The lowest BCUT2D eigenvalue weighted by Gasteiger charge is -2.20. The summed E-state index contributed by atoms with van der Waals surface area (Å²) in [5, 5.41) is 17.9. The van der Waals surface area contributed by atoms with Crippen molar-refractivity contribution in [3.8, 4) is 12.1 Å².